The molecule has 3 nitrogen and oxygen atoms in total. The maximum atomic E-state index is 11.9. The maximum Gasteiger partial charge on any atom is 0.417 e. The van der Waals surface area contributed by atoms with Crippen LogP contribution in [0.25, 0.3) is 0 Å². The van der Waals surface area contributed by atoms with Crippen LogP contribution in [0.3, 0.4) is 0 Å². The number of amides is 1. The Bertz CT molecular complexity index is 638. The van der Waals surface area contributed by atoms with E-state index in [0.29, 0.717) is 26.0 Å². The number of nitrogens with one attached hydrogen (secondary N) is 1. The molecular weight excluding hydrogens is 365 g/mol. The molecular formula is C14H10BrCl2NO2. The fraction of sp³-hybridized carbons (Fsp3) is 0.0714. The van der Waals surface area contributed by atoms with Gasteiger partial charge in [0.25, 0.3) is 0 Å². The van der Waals surface area contributed by atoms with Crippen LogP contribution in [-0.4, -0.2) is 6.09 Å². The Hall–Kier alpha value is -1.23. The molecule has 0 aliphatic rings. The van der Waals surface area contributed by atoms with Crippen LogP contribution in [0.1, 0.15) is 5.56 Å². The van der Waals surface area contributed by atoms with E-state index in [1.165, 1.54) is 0 Å². The quantitative estimate of drug-likeness (QED) is 0.734. The largest absolute Gasteiger partial charge is 0.417 e. The van der Waals surface area contributed by atoms with E-state index in [-0.39, 0.29) is 0 Å². The van der Waals surface area contributed by atoms with Crippen molar-refractivity contribution in [2.75, 3.05) is 5.32 Å². The number of hydrogen-bond acceptors (Lipinski definition) is 2. The third-order valence-electron chi connectivity index (χ3n) is 2.50. The fourth-order valence-corrected chi connectivity index (χ4v) is 2.84. The highest BCUT2D eigenvalue weighted by Gasteiger charge is 2.13. The molecule has 0 aliphatic carbocycles. The minimum absolute atomic E-state index is 0.416. The zero-order valence-electron chi connectivity index (χ0n) is 10.4. The molecule has 0 heterocycles. The van der Waals surface area contributed by atoms with Crippen LogP contribution in [0.15, 0.2) is 40.9 Å². The van der Waals surface area contributed by atoms with Gasteiger partial charge in [0.2, 0.25) is 0 Å². The lowest BCUT2D eigenvalue weighted by atomic mass is 10.2. The summed E-state index contributed by atoms with van der Waals surface area (Å²) in [5.41, 5.74) is 1.24. The van der Waals surface area contributed by atoms with Crippen LogP contribution in [-0.2, 0) is 0 Å². The van der Waals surface area contributed by atoms with Crippen molar-refractivity contribution in [1.82, 2.24) is 0 Å². The van der Waals surface area contributed by atoms with Crippen molar-refractivity contribution in [2.24, 2.45) is 0 Å². The molecule has 0 radical (unpaired) electrons. The molecule has 0 atom stereocenters. The number of ether oxygens (including phenoxy) is 1. The van der Waals surface area contributed by atoms with E-state index in [2.05, 4.69) is 21.2 Å². The lowest BCUT2D eigenvalue weighted by molar-refractivity contribution is 0.214. The van der Waals surface area contributed by atoms with Gasteiger partial charge in [0.15, 0.2) is 0 Å². The molecule has 6 heteroatoms. The highest BCUT2D eigenvalue weighted by molar-refractivity contribution is 9.10. The fourth-order valence-electron chi connectivity index (χ4n) is 1.61. The standard InChI is InChI=1S/C14H10BrCl2NO2/c1-8-6-9(16)7-10(15)13(8)20-14(19)18-12-5-3-2-4-11(12)17/h2-7H,1H3,(H,18,19). The number of para-hydroxylation sites is 1. The normalized spacial score (nSPS) is 10.2. The molecule has 104 valence electrons. The van der Waals surface area contributed by atoms with Crippen LogP contribution in [0, 0.1) is 6.92 Å². The lowest BCUT2D eigenvalue weighted by Crippen LogP contribution is -2.17. The van der Waals surface area contributed by atoms with Gasteiger partial charge in [0.1, 0.15) is 5.75 Å². The Kier molecular flexibility index (Phi) is 4.91. The number of benzene rings is 2. The number of rotatable bonds is 2. The van der Waals surface area contributed by atoms with Gasteiger partial charge < -0.3 is 4.74 Å². The highest BCUT2D eigenvalue weighted by Crippen LogP contribution is 2.32. The predicted molar refractivity (Wildman–Crippen MR) is 85.0 cm³/mol. The van der Waals surface area contributed by atoms with Crippen LogP contribution < -0.4 is 10.1 Å². The number of carbonyl (C=O) groups excluding carboxylic acids is 1. The summed E-state index contributed by atoms with van der Waals surface area (Å²) in [5, 5.41) is 3.59. The Morgan fingerprint density at radius 2 is 1.95 bits per heavy atom. The Morgan fingerprint density at radius 3 is 2.60 bits per heavy atom. The summed E-state index contributed by atoms with van der Waals surface area (Å²) in [6.07, 6.45) is -0.621. The first-order valence-corrected chi connectivity index (χ1v) is 7.21. The van der Waals surface area contributed by atoms with Gasteiger partial charge >= 0.3 is 6.09 Å². The zero-order chi connectivity index (χ0) is 14.7. The zero-order valence-corrected chi connectivity index (χ0v) is 13.5. The van der Waals surface area contributed by atoms with Crippen molar-refractivity contribution in [3.8, 4) is 5.75 Å². The van der Waals surface area contributed by atoms with Crippen molar-refractivity contribution in [1.29, 1.82) is 0 Å². The maximum absolute atomic E-state index is 11.9. The molecule has 2 aromatic rings. The van der Waals surface area contributed by atoms with Gasteiger partial charge in [-0.05, 0) is 52.7 Å². The van der Waals surface area contributed by atoms with E-state index in [0.717, 1.165) is 5.56 Å². The lowest BCUT2D eigenvalue weighted by Gasteiger charge is -2.11. The summed E-state index contributed by atoms with van der Waals surface area (Å²) in [5.74, 6) is 0.416. The Labute approximate surface area is 135 Å². The van der Waals surface area contributed by atoms with E-state index in [9.17, 15) is 4.79 Å². The average molecular weight is 375 g/mol. The minimum atomic E-state index is -0.621. The molecule has 1 amide bonds. The van der Waals surface area contributed by atoms with Gasteiger partial charge in [0, 0.05) is 5.02 Å². The predicted octanol–water partition coefficient (Wildman–Crippen LogP) is 5.68. The van der Waals surface area contributed by atoms with E-state index in [4.69, 9.17) is 27.9 Å². The van der Waals surface area contributed by atoms with E-state index >= 15 is 0 Å². The summed E-state index contributed by atoms with van der Waals surface area (Å²) in [6.45, 7) is 1.80. The second kappa shape index (κ2) is 6.48. The second-order valence-corrected chi connectivity index (χ2v) is 5.73. The molecule has 2 rings (SSSR count). The molecule has 0 fully saturated rings. The first-order chi connectivity index (χ1) is 9.47. The average Bonchev–Trinajstić information content (AvgIpc) is 2.36. The summed E-state index contributed by atoms with van der Waals surface area (Å²) in [6, 6.07) is 10.3. The monoisotopic (exact) mass is 373 g/mol. The molecule has 2 aromatic carbocycles. The van der Waals surface area contributed by atoms with Crippen molar-refractivity contribution < 1.29 is 9.53 Å². The second-order valence-electron chi connectivity index (χ2n) is 4.03. The molecule has 0 unspecified atom stereocenters. The summed E-state index contributed by atoms with van der Waals surface area (Å²) in [4.78, 5) is 11.9. The summed E-state index contributed by atoms with van der Waals surface area (Å²) in [7, 11) is 0. The number of aryl methyl sites for hydroxylation is 1. The molecule has 0 spiro atoms. The highest BCUT2D eigenvalue weighted by atomic mass is 79.9. The van der Waals surface area contributed by atoms with E-state index < -0.39 is 6.09 Å². The SMILES string of the molecule is Cc1cc(Cl)cc(Br)c1OC(=O)Nc1ccccc1Cl. The molecule has 1 N–H and O–H groups in total. The number of anilines is 1. The number of halogens is 3. The third-order valence-corrected chi connectivity index (χ3v) is 3.64. The van der Waals surface area contributed by atoms with Crippen LogP contribution >= 0.6 is 39.1 Å². The number of carbonyl (C=O) groups is 1. The molecule has 0 aromatic heterocycles. The minimum Gasteiger partial charge on any atom is -0.409 e. The molecule has 0 aliphatic heterocycles. The third kappa shape index (κ3) is 3.66. The van der Waals surface area contributed by atoms with Gasteiger partial charge in [-0.2, -0.15) is 0 Å². The summed E-state index contributed by atoms with van der Waals surface area (Å²) < 4.78 is 5.88. The van der Waals surface area contributed by atoms with Crippen LogP contribution in [0.2, 0.25) is 10.0 Å². The van der Waals surface area contributed by atoms with Crippen LogP contribution in [0.5, 0.6) is 5.75 Å². The van der Waals surface area contributed by atoms with Crippen molar-refractivity contribution >= 4 is 50.9 Å². The van der Waals surface area contributed by atoms with E-state index in [1.54, 1.807) is 43.3 Å². The van der Waals surface area contributed by atoms with Gasteiger partial charge in [-0.25, -0.2) is 4.79 Å². The van der Waals surface area contributed by atoms with Crippen LogP contribution in [0.4, 0.5) is 10.5 Å². The van der Waals surface area contributed by atoms with E-state index in [1.807, 2.05) is 0 Å². The Morgan fingerprint density at radius 1 is 1.25 bits per heavy atom. The van der Waals surface area contributed by atoms with Crippen molar-refractivity contribution in [3.05, 3.63) is 56.5 Å². The smallest absolute Gasteiger partial charge is 0.409 e. The van der Waals surface area contributed by atoms with Gasteiger partial charge in [-0.3, -0.25) is 5.32 Å². The molecule has 0 saturated carbocycles. The van der Waals surface area contributed by atoms with Gasteiger partial charge in [0.05, 0.1) is 15.2 Å². The topological polar surface area (TPSA) is 38.3 Å². The van der Waals surface area contributed by atoms with Gasteiger partial charge in [-0.1, -0.05) is 35.3 Å². The van der Waals surface area contributed by atoms with Crippen molar-refractivity contribution in [2.45, 2.75) is 6.92 Å². The molecule has 0 saturated heterocycles. The molecule has 20 heavy (non-hydrogen) atoms. The first kappa shape index (κ1) is 15.2. The first-order valence-electron chi connectivity index (χ1n) is 5.66. The Balaban J connectivity index is 2.15. The van der Waals surface area contributed by atoms with Gasteiger partial charge in [-0.15, -0.1) is 0 Å². The number of hydrogen-bond donors (Lipinski definition) is 1. The summed E-state index contributed by atoms with van der Waals surface area (Å²) >= 11 is 15.2. The molecule has 0 bridgehead atoms. The van der Waals surface area contributed by atoms with Crippen molar-refractivity contribution in [3.63, 3.8) is 0 Å².